The fraction of sp³-hybridized carbons (Fsp3) is 0.318. The molecule has 0 spiro atoms. The van der Waals surface area contributed by atoms with Crippen molar-refractivity contribution in [1.82, 2.24) is 10.3 Å². The third-order valence-electron chi connectivity index (χ3n) is 5.64. The topological polar surface area (TPSA) is 57.2 Å². The number of fused-ring (bicyclic) bond motifs is 1. The fourth-order valence-corrected chi connectivity index (χ4v) is 4.34. The van der Waals surface area contributed by atoms with Gasteiger partial charge in [0.1, 0.15) is 0 Å². The number of para-hydroxylation sites is 1. The second-order valence-electron chi connectivity index (χ2n) is 7.28. The molecule has 3 N–H and O–H groups in total. The Kier molecular flexibility index (Phi) is 5.38. The third-order valence-corrected chi connectivity index (χ3v) is 5.93. The molecule has 1 heterocycles. The minimum absolute atomic E-state index is 0.0409. The molecular weight excluding hydrogens is 377 g/mol. The number of halogens is 2. The van der Waals surface area contributed by atoms with Crippen LogP contribution in [0.25, 0.3) is 10.9 Å². The molecule has 3 aromatic rings. The number of anilines is 1. The molecule has 1 unspecified atom stereocenters. The van der Waals surface area contributed by atoms with Crippen molar-refractivity contribution >= 4 is 28.2 Å². The van der Waals surface area contributed by atoms with Crippen molar-refractivity contribution in [1.29, 1.82) is 0 Å². The highest BCUT2D eigenvalue weighted by Crippen LogP contribution is 2.39. The molecular formula is C22H22ClFN3O. The predicted molar refractivity (Wildman–Crippen MR) is 111 cm³/mol. The Morgan fingerprint density at radius 2 is 2.07 bits per heavy atom. The summed E-state index contributed by atoms with van der Waals surface area (Å²) < 4.78 is 14.2. The van der Waals surface area contributed by atoms with E-state index in [4.69, 9.17) is 11.6 Å². The van der Waals surface area contributed by atoms with Crippen molar-refractivity contribution in [2.75, 3.05) is 12.4 Å². The number of rotatable bonds is 4. The molecule has 3 atom stereocenters. The van der Waals surface area contributed by atoms with Crippen LogP contribution in [0.2, 0.25) is 5.02 Å². The standard InChI is InChI=1S/C22H22ClFN3O/c1-25-14-6-7-20(16(12-14)13-10-17(23)22(28)18(24)11-13)27-21-8-9-26-19-5-3-2-4-15(19)21/h2-5,9-11,14,16,20,25,28H,6-7,12H2,1H3,(H,26,27)/t14-,16?,20-/m1/s1. The molecule has 1 fully saturated rings. The Hall–Kier alpha value is -2.37. The zero-order valence-electron chi connectivity index (χ0n) is 15.5. The fourth-order valence-electron chi connectivity index (χ4n) is 4.12. The lowest BCUT2D eigenvalue weighted by atomic mass is 9.77. The zero-order chi connectivity index (χ0) is 19.7. The minimum atomic E-state index is -0.686. The molecule has 4 rings (SSSR count). The van der Waals surface area contributed by atoms with Gasteiger partial charge in [-0.05, 0) is 50.1 Å². The highest BCUT2D eigenvalue weighted by atomic mass is 35.5. The Morgan fingerprint density at radius 1 is 1.25 bits per heavy atom. The minimum Gasteiger partial charge on any atom is -0.504 e. The van der Waals surface area contributed by atoms with Crippen LogP contribution in [0, 0.1) is 11.9 Å². The summed E-state index contributed by atoms with van der Waals surface area (Å²) in [5.41, 5.74) is 2.59. The van der Waals surface area contributed by atoms with Crippen LogP contribution in [0.4, 0.5) is 10.1 Å². The van der Waals surface area contributed by atoms with E-state index in [0.29, 0.717) is 6.04 Å². The van der Waals surface area contributed by atoms with Gasteiger partial charge < -0.3 is 15.7 Å². The second kappa shape index (κ2) is 7.94. The number of phenolic OH excluding ortho intramolecular Hbond substituents is 1. The number of nitrogens with one attached hydrogen (secondary N) is 2. The van der Waals surface area contributed by atoms with Crippen LogP contribution in [0.15, 0.2) is 42.6 Å². The lowest BCUT2D eigenvalue weighted by molar-refractivity contribution is 0.330. The van der Waals surface area contributed by atoms with Crippen molar-refractivity contribution in [3.8, 4) is 5.75 Å². The number of phenols is 1. The van der Waals surface area contributed by atoms with E-state index in [0.717, 1.165) is 41.4 Å². The quantitative estimate of drug-likeness (QED) is 0.587. The highest BCUT2D eigenvalue weighted by Gasteiger charge is 2.32. The molecule has 1 saturated carbocycles. The summed E-state index contributed by atoms with van der Waals surface area (Å²) in [5, 5.41) is 17.7. The zero-order valence-corrected chi connectivity index (χ0v) is 16.3. The van der Waals surface area contributed by atoms with Crippen LogP contribution >= 0.6 is 11.6 Å². The number of nitrogens with zero attached hydrogens (tertiary/aromatic N) is 1. The van der Waals surface area contributed by atoms with Gasteiger partial charge in [0.15, 0.2) is 11.6 Å². The second-order valence-corrected chi connectivity index (χ2v) is 7.69. The first-order valence-corrected chi connectivity index (χ1v) is 9.81. The molecule has 6 heteroatoms. The number of aromatic hydroxyl groups is 1. The number of hydrogen-bond acceptors (Lipinski definition) is 4. The molecule has 1 aromatic heterocycles. The van der Waals surface area contributed by atoms with Gasteiger partial charge in [-0.15, -0.1) is 0 Å². The van der Waals surface area contributed by atoms with Gasteiger partial charge >= 0.3 is 0 Å². The van der Waals surface area contributed by atoms with Crippen LogP contribution < -0.4 is 10.6 Å². The SMILES string of the molecule is CN[C@@H]1CC[C@@H](Nc2[c]cnc3ccccc23)C(c2cc(F)c(O)c(Cl)c2)C1. The molecule has 145 valence electrons. The predicted octanol–water partition coefficient (Wildman–Crippen LogP) is 4.87. The molecule has 4 nitrogen and oxygen atoms in total. The molecule has 28 heavy (non-hydrogen) atoms. The normalized spacial score (nSPS) is 22.3. The Morgan fingerprint density at radius 3 is 2.86 bits per heavy atom. The Labute approximate surface area is 168 Å². The average Bonchev–Trinajstić information content (AvgIpc) is 2.72. The van der Waals surface area contributed by atoms with Crippen LogP contribution in [0.1, 0.15) is 30.7 Å². The van der Waals surface area contributed by atoms with Crippen LogP contribution in [0.3, 0.4) is 0 Å². The van der Waals surface area contributed by atoms with Gasteiger partial charge in [-0.2, -0.15) is 0 Å². The number of hydrogen-bond donors (Lipinski definition) is 3. The summed E-state index contributed by atoms with van der Waals surface area (Å²) >= 11 is 6.05. The van der Waals surface area contributed by atoms with E-state index in [1.54, 1.807) is 12.3 Å². The average molecular weight is 399 g/mol. The van der Waals surface area contributed by atoms with E-state index in [1.807, 2.05) is 31.3 Å². The maximum atomic E-state index is 14.2. The lowest BCUT2D eigenvalue weighted by Crippen LogP contribution is -2.40. The Bertz CT molecular complexity index is 968. The molecule has 0 aliphatic heterocycles. The molecule has 1 aliphatic carbocycles. The summed E-state index contributed by atoms with van der Waals surface area (Å²) in [6.07, 6.45) is 4.45. The van der Waals surface area contributed by atoms with E-state index in [2.05, 4.69) is 21.7 Å². The van der Waals surface area contributed by atoms with E-state index < -0.39 is 11.6 Å². The smallest absolute Gasteiger partial charge is 0.170 e. The van der Waals surface area contributed by atoms with Crippen molar-refractivity contribution in [2.45, 2.75) is 37.3 Å². The molecule has 1 radical (unpaired) electrons. The lowest BCUT2D eigenvalue weighted by Gasteiger charge is -2.37. The van der Waals surface area contributed by atoms with Gasteiger partial charge in [-0.3, -0.25) is 4.98 Å². The van der Waals surface area contributed by atoms with Gasteiger partial charge in [-0.1, -0.05) is 29.8 Å². The largest absolute Gasteiger partial charge is 0.504 e. The first-order valence-electron chi connectivity index (χ1n) is 9.44. The summed E-state index contributed by atoms with van der Waals surface area (Å²) in [6.45, 7) is 0. The van der Waals surface area contributed by atoms with Crippen LogP contribution in [-0.4, -0.2) is 29.2 Å². The van der Waals surface area contributed by atoms with E-state index >= 15 is 0 Å². The highest BCUT2D eigenvalue weighted by molar-refractivity contribution is 6.32. The monoisotopic (exact) mass is 398 g/mol. The first kappa shape index (κ1) is 19.0. The van der Waals surface area contributed by atoms with Gasteiger partial charge in [-0.25, -0.2) is 4.39 Å². The summed E-state index contributed by atoms with van der Waals surface area (Å²) in [6, 6.07) is 14.6. The van der Waals surface area contributed by atoms with Crippen LogP contribution in [-0.2, 0) is 0 Å². The maximum absolute atomic E-state index is 14.2. The van der Waals surface area contributed by atoms with Gasteiger partial charge in [0.2, 0.25) is 0 Å². The van der Waals surface area contributed by atoms with Gasteiger partial charge in [0, 0.05) is 35.7 Å². The number of benzene rings is 2. The van der Waals surface area contributed by atoms with Crippen molar-refractivity contribution in [2.24, 2.45) is 0 Å². The molecule has 0 bridgehead atoms. The summed E-state index contributed by atoms with van der Waals surface area (Å²) in [4.78, 5) is 4.37. The van der Waals surface area contributed by atoms with E-state index in [-0.39, 0.29) is 17.0 Å². The summed E-state index contributed by atoms with van der Waals surface area (Å²) in [7, 11) is 1.95. The Balaban J connectivity index is 1.69. The van der Waals surface area contributed by atoms with Crippen LogP contribution in [0.5, 0.6) is 5.75 Å². The van der Waals surface area contributed by atoms with E-state index in [1.165, 1.54) is 6.07 Å². The van der Waals surface area contributed by atoms with Gasteiger partial charge in [0.25, 0.3) is 0 Å². The maximum Gasteiger partial charge on any atom is 0.170 e. The molecule has 0 amide bonds. The first-order chi connectivity index (χ1) is 13.6. The van der Waals surface area contributed by atoms with Crippen molar-refractivity contribution in [3.63, 3.8) is 0 Å². The number of aromatic nitrogens is 1. The molecule has 2 aromatic carbocycles. The van der Waals surface area contributed by atoms with Crippen molar-refractivity contribution < 1.29 is 9.50 Å². The molecule has 1 aliphatic rings. The van der Waals surface area contributed by atoms with Crippen molar-refractivity contribution in [3.05, 3.63) is 65.1 Å². The molecule has 0 saturated heterocycles. The number of pyridine rings is 1. The summed E-state index contributed by atoms with van der Waals surface area (Å²) in [5.74, 6) is -1.14. The third kappa shape index (κ3) is 3.64. The van der Waals surface area contributed by atoms with Gasteiger partial charge in [0.05, 0.1) is 16.2 Å². The van der Waals surface area contributed by atoms with E-state index in [9.17, 15) is 9.50 Å².